The summed E-state index contributed by atoms with van der Waals surface area (Å²) in [4.78, 5) is 22.6. The average molecular weight is 575 g/mol. The van der Waals surface area contributed by atoms with E-state index in [4.69, 9.17) is 4.98 Å². The fourth-order valence-electron chi connectivity index (χ4n) is 6.88. The van der Waals surface area contributed by atoms with Gasteiger partial charge in [-0.1, -0.05) is 54.6 Å². The summed E-state index contributed by atoms with van der Waals surface area (Å²) in [5.74, 6) is 0.279. The zero-order valence-corrected chi connectivity index (χ0v) is 25.0. The summed E-state index contributed by atoms with van der Waals surface area (Å²) in [6.45, 7) is 8.74. The van der Waals surface area contributed by atoms with Crippen LogP contribution in [-0.2, 0) is 24.3 Å². The first-order valence-corrected chi connectivity index (χ1v) is 16.0. The molecule has 2 aliphatic rings. The van der Waals surface area contributed by atoms with Gasteiger partial charge >= 0.3 is 0 Å². The van der Waals surface area contributed by atoms with E-state index in [2.05, 4.69) is 92.5 Å². The Morgan fingerprint density at radius 1 is 0.721 bits per heavy atom. The fraction of sp³-hybridized carbons (Fsp3) is 0.389. The van der Waals surface area contributed by atoms with Crippen LogP contribution in [0.4, 0.5) is 5.69 Å². The standard InChI is InChI=1S/C36H42N6O/c43-34(7-2-4-26-8-9-29-11-10-27-5-1-6-28-12-13-33(26)36(29)35(27)28)42-20-18-41(19-21-42)32-22-30-24-38-15-3-14-37-16-17-39-25-31(23-32)40-30/h1,5-6,8-13,22-23,37-39H,2-4,7,14-21,24-25H2. The van der Waals surface area contributed by atoms with Crippen molar-refractivity contribution < 1.29 is 4.79 Å². The van der Waals surface area contributed by atoms with Crippen molar-refractivity contribution in [2.24, 2.45) is 0 Å². The molecular weight excluding hydrogens is 532 g/mol. The van der Waals surface area contributed by atoms with Gasteiger partial charge in [-0.05, 0) is 82.4 Å². The van der Waals surface area contributed by atoms with Crippen molar-refractivity contribution in [3.05, 3.63) is 83.7 Å². The molecule has 4 aromatic carbocycles. The van der Waals surface area contributed by atoms with Gasteiger partial charge in [-0.3, -0.25) is 9.78 Å². The second kappa shape index (κ2) is 12.8. The largest absolute Gasteiger partial charge is 0.368 e. The number of aryl methyl sites for hydroxylation is 1. The number of benzene rings is 4. The van der Waals surface area contributed by atoms with Crippen molar-refractivity contribution >= 4 is 43.9 Å². The molecule has 0 aliphatic carbocycles. The van der Waals surface area contributed by atoms with Gasteiger partial charge in [-0.2, -0.15) is 0 Å². The number of aromatic nitrogens is 1. The Hall–Kier alpha value is -3.78. The van der Waals surface area contributed by atoms with Crippen LogP contribution in [0.1, 0.15) is 36.2 Å². The number of hydrogen-bond acceptors (Lipinski definition) is 6. The maximum atomic E-state index is 13.3. The molecule has 0 atom stereocenters. The van der Waals surface area contributed by atoms with Crippen LogP contribution >= 0.6 is 0 Å². The molecule has 0 spiro atoms. The highest BCUT2D eigenvalue weighted by Gasteiger charge is 2.22. The molecule has 1 aromatic heterocycles. The molecule has 1 saturated heterocycles. The molecule has 0 radical (unpaired) electrons. The van der Waals surface area contributed by atoms with Crippen LogP contribution in [0.5, 0.6) is 0 Å². The molecule has 0 saturated carbocycles. The lowest BCUT2D eigenvalue weighted by Crippen LogP contribution is -2.48. The predicted octanol–water partition coefficient (Wildman–Crippen LogP) is 4.82. The number of hydrogen-bond donors (Lipinski definition) is 3. The Balaban J connectivity index is 0.965. The molecule has 7 heteroatoms. The molecule has 222 valence electrons. The SMILES string of the molecule is O=C(CCCc1ccc2ccc3cccc4ccc1c2c34)N1CCN(c2cc3nc(c2)CNCCNCCCNC3)CC1. The minimum Gasteiger partial charge on any atom is -0.368 e. The smallest absolute Gasteiger partial charge is 0.222 e. The molecule has 0 unspecified atom stereocenters. The quantitative estimate of drug-likeness (QED) is 0.262. The summed E-state index contributed by atoms with van der Waals surface area (Å²) in [5, 5.41) is 18.5. The van der Waals surface area contributed by atoms with Gasteiger partial charge in [0.1, 0.15) is 0 Å². The molecule has 7 rings (SSSR count). The number of carbonyl (C=O) groups excluding carboxylic acids is 1. The van der Waals surface area contributed by atoms with Gasteiger partial charge < -0.3 is 25.8 Å². The van der Waals surface area contributed by atoms with E-state index in [9.17, 15) is 4.79 Å². The van der Waals surface area contributed by atoms with Crippen LogP contribution in [0, 0.1) is 0 Å². The number of anilines is 1. The zero-order chi connectivity index (χ0) is 29.0. The number of piperazine rings is 1. The third kappa shape index (κ3) is 6.16. The van der Waals surface area contributed by atoms with E-state index < -0.39 is 0 Å². The monoisotopic (exact) mass is 574 g/mol. The lowest BCUT2D eigenvalue weighted by Gasteiger charge is -2.36. The summed E-state index contributed by atoms with van der Waals surface area (Å²) in [6, 6.07) is 24.5. The first kappa shape index (κ1) is 28.0. The molecule has 1 amide bonds. The van der Waals surface area contributed by atoms with Crippen LogP contribution in [0.15, 0.2) is 66.7 Å². The molecular formula is C36H42N6O. The number of amides is 1. The van der Waals surface area contributed by atoms with Crippen molar-refractivity contribution in [2.45, 2.75) is 38.8 Å². The van der Waals surface area contributed by atoms with Crippen molar-refractivity contribution in [1.82, 2.24) is 25.8 Å². The second-order valence-corrected chi connectivity index (χ2v) is 12.1. The second-order valence-electron chi connectivity index (χ2n) is 12.1. The maximum Gasteiger partial charge on any atom is 0.222 e. The summed E-state index contributed by atoms with van der Waals surface area (Å²) in [7, 11) is 0. The predicted molar refractivity (Wildman–Crippen MR) is 177 cm³/mol. The van der Waals surface area contributed by atoms with Gasteiger partial charge in [0.15, 0.2) is 0 Å². The van der Waals surface area contributed by atoms with Gasteiger partial charge in [0.25, 0.3) is 0 Å². The number of rotatable bonds is 5. The topological polar surface area (TPSA) is 72.5 Å². The normalized spacial score (nSPS) is 17.2. The number of fused-ring (bicyclic) bond motifs is 2. The molecule has 1 fully saturated rings. The van der Waals surface area contributed by atoms with Gasteiger partial charge in [-0.15, -0.1) is 0 Å². The first-order chi connectivity index (χ1) is 21.2. The molecule has 2 bridgehead atoms. The van der Waals surface area contributed by atoms with E-state index in [-0.39, 0.29) is 5.91 Å². The summed E-state index contributed by atoms with van der Waals surface area (Å²) < 4.78 is 0. The van der Waals surface area contributed by atoms with Crippen molar-refractivity contribution in [1.29, 1.82) is 0 Å². The van der Waals surface area contributed by atoms with Gasteiger partial charge in [0, 0.05) is 64.5 Å². The van der Waals surface area contributed by atoms with Crippen molar-refractivity contribution in [3.63, 3.8) is 0 Å². The first-order valence-electron chi connectivity index (χ1n) is 16.0. The Morgan fingerprint density at radius 3 is 2.16 bits per heavy atom. The van der Waals surface area contributed by atoms with E-state index >= 15 is 0 Å². The highest BCUT2D eigenvalue weighted by molar-refractivity contribution is 6.23. The van der Waals surface area contributed by atoms with Gasteiger partial charge in [0.2, 0.25) is 5.91 Å². The van der Waals surface area contributed by atoms with E-state index in [1.165, 1.54) is 43.6 Å². The lowest BCUT2D eigenvalue weighted by molar-refractivity contribution is -0.131. The zero-order valence-electron chi connectivity index (χ0n) is 25.0. The Labute approximate surface area is 254 Å². The third-order valence-corrected chi connectivity index (χ3v) is 9.17. The number of nitrogens with zero attached hydrogens (tertiary/aromatic N) is 3. The van der Waals surface area contributed by atoms with E-state index in [1.54, 1.807) is 0 Å². The molecule has 2 aliphatic heterocycles. The summed E-state index contributed by atoms with van der Waals surface area (Å²) in [6.07, 6.45) is 3.49. The van der Waals surface area contributed by atoms with Gasteiger partial charge in [0.05, 0.1) is 11.4 Å². The number of nitrogens with one attached hydrogen (secondary N) is 3. The highest BCUT2D eigenvalue weighted by Crippen LogP contribution is 2.36. The third-order valence-electron chi connectivity index (χ3n) is 9.17. The molecule has 7 nitrogen and oxygen atoms in total. The van der Waals surface area contributed by atoms with Crippen LogP contribution in [0.3, 0.4) is 0 Å². The molecule has 3 heterocycles. The van der Waals surface area contributed by atoms with Crippen molar-refractivity contribution in [3.8, 4) is 0 Å². The molecule has 5 aromatic rings. The number of pyridine rings is 1. The van der Waals surface area contributed by atoms with Crippen LogP contribution < -0.4 is 20.9 Å². The maximum absolute atomic E-state index is 13.3. The minimum absolute atomic E-state index is 0.279. The Kier molecular flexibility index (Phi) is 8.36. The van der Waals surface area contributed by atoms with Gasteiger partial charge in [-0.25, -0.2) is 0 Å². The van der Waals surface area contributed by atoms with E-state index in [1.807, 2.05) is 0 Å². The fourth-order valence-corrected chi connectivity index (χ4v) is 6.88. The molecule has 43 heavy (non-hydrogen) atoms. The average Bonchev–Trinajstić information content (AvgIpc) is 3.06. The van der Waals surface area contributed by atoms with Crippen LogP contribution in [-0.4, -0.2) is 68.1 Å². The summed E-state index contributed by atoms with van der Waals surface area (Å²) in [5.41, 5.74) is 4.73. The van der Waals surface area contributed by atoms with Crippen LogP contribution in [0.2, 0.25) is 0 Å². The van der Waals surface area contributed by atoms with E-state index in [0.717, 1.165) is 96.1 Å². The lowest BCUT2D eigenvalue weighted by atomic mass is 9.90. The Morgan fingerprint density at radius 2 is 1.37 bits per heavy atom. The summed E-state index contributed by atoms with van der Waals surface area (Å²) >= 11 is 0. The minimum atomic E-state index is 0.279. The number of carbonyl (C=O) groups is 1. The van der Waals surface area contributed by atoms with Crippen molar-refractivity contribution in [2.75, 3.05) is 57.3 Å². The Bertz CT molecular complexity index is 1660. The molecule has 3 N–H and O–H groups in total. The highest BCUT2D eigenvalue weighted by atomic mass is 16.2. The van der Waals surface area contributed by atoms with E-state index in [0.29, 0.717) is 6.42 Å². The van der Waals surface area contributed by atoms with Crippen LogP contribution in [0.25, 0.3) is 32.3 Å².